The Morgan fingerprint density at radius 3 is 2.73 bits per heavy atom. The van der Waals surface area contributed by atoms with Gasteiger partial charge in [0.1, 0.15) is 0 Å². The van der Waals surface area contributed by atoms with Crippen LogP contribution in [0, 0.1) is 0 Å². The van der Waals surface area contributed by atoms with Crippen LogP contribution in [0.4, 0.5) is 0 Å². The fourth-order valence-corrected chi connectivity index (χ4v) is 3.35. The van der Waals surface area contributed by atoms with E-state index >= 15 is 0 Å². The van der Waals surface area contributed by atoms with E-state index in [9.17, 15) is 0 Å². The van der Waals surface area contributed by atoms with Crippen LogP contribution in [-0.2, 0) is 0 Å². The molecule has 2 aromatic rings. The van der Waals surface area contributed by atoms with Crippen molar-refractivity contribution in [2.45, 2.75) is 5.38 Å². The smallest absolute Gasteiger partial charge is 0.173 e. The summed E-state index contributed by atoms with van der Waals surface area (Å²) in [6.07, 6.45) is 0. The molecule has 0 aliphatic heterocycles. The van der Waals surface area contributed by atoms with Crippen LogP contribution in [0.25, 0.3) is 0 Å². The Morgan fingerprint density at radius 2 is 2.20 bits per heavy atom. The molecule has 0 spiro atoms. The SMILES string of the molecule is COc1ccc(C(Cl)c2csc(Cl)c2)s1. The Hall–Kier alpha value is -0.220. The van der Waals surface area contributed by atoms with Gasteiger partial charge in [0.2, 0.25) is 0 Å². The summed E-state index contributed by atoms with van der Waals surface area (Å²) >= 11 is 15.2. The van der Waals surface area contributed by atoms with Gasteiger partial charge >= 0.3 is 0 Å². The monoisotopic (exact) mass is 278 g/mol. The number of methoxy groups -OCH3 is 1. The molecule has 0 aliphatic rings. The van der Waals surface area contributed by atoms with Gasteiger partial charge in [-0.05, 0) is 29.1 Å². The van der Waals surface area contributed by atoms with Gasteiger partial charge in [-0.1, -0.05) is 11.6 Å². The molecule has 1 nitrogen and oxygen atoms in total. The van der Waals surface area contributed by atoms with Crippen LogP contribution in [0.15, 0.2) is 23.6 Å². The van der Waals surface area contributed by atoms with Gasteiger partial charge in [0.25, 0.3) is 0 Å². The zero-order valence-electron chi connectivity index (χ0n) is 7.87. The minimum absolute atomic E-state index is 0.136. The lowest BCUT2D eigenvalue weighted by atomic mass is 10.2. The molecule has 0 amide bonds. The van der Waals surface area contributed by atoms with Gasteiger partial charge in [-0.3, -0.25) is 0 Å². The Bertz CT molecular complexity index is 450. The first-order chi connectivity index (χ1) is 7.20. The molecular weight excluding hydrogens is 271 g/mol. The molecule has 2 aromatic heterocycles. The van der Waals surface area contributed by atoms with Crippen LogP contribution in [0.3, 0.4) is 0 Å². The molecule has 0 bridgehead atoms. The molecule has 1 atom stereocenters. The number of alkyl halides is 1. The second kappa shape index (κ2) is 4.74. The maximum Gasteiger partial charge on any atom is 0.173 e. The third kappa shape index (κ3) is 2.48. The number of ether oxygens (including phenoxy) is 1. The first-order valence-corrected chi connectivity index (χ1v) is 6.73. The fourth-order valence-electron chi connectivity index (χ4n) is 1.20. The summed E-state index contributed by atoms with van der Waals surface area (Å²) in [5.74, 6) is 0. The molecule has 0 aromatic carbocycles. The highest BCUT2D eigenvalue weighted by atomic mass is 35.5. The number of halogens is 2. The van der Waals surface area contributed by atoms with E-state index in [-0.39, 0.29) is 5.38 Å². The lowest BCUT2D eigenvalue weighted by Gasteiger charge is -2.03. The molecule has 0 radical (unpaired) electrons. The molecule has 80 valence electrons. The van der Waals surface area contributed by atoms with Crippen LogP contribution in [0.5, 0.6) is 5.06 Å². The van der Waals surface area contributed by atoms with Crippen LogP contribution in [0.2, 0.25) is 4.34 Å². The van der Waals surface area contributed by atoms with Crippen LogP contribution < -0.4 is 4.74 Å². The third-order valence-electron chi connectivity index (χ3n) is 1.93. The maximum atomic E-state index is 6.32. The highest BCUT2D eigenvalue weighted by Crippen LogP contribution is 2.38. The maximum absolute atomic E-state index is 6.32. The summed E-state index contributed by atoms with van der Waals surface area (Å²) in [5.41, 5.74) is 1.04. The van der Waals surface area contributed by atoms with E-state index in [2.05, 4.69) is 0 Å². The highest BCUT2D eigenvalue weighted by molar-refractivity contribution is 7.15. The number of thiophene rings is 2. The molecule has 0 saturated carbocycles. The topological polar surface area (TPSA) is 9.23 Å². The largest absolute Gasteiger partial charge is 0.487 e. The zero-order valence-corrected chi connectivity index (χ0v) is 11.0. The summed E-state index contributed by atoms with van der Waals surface area (Å²) in [6, 6.07) is 5.80. The van der Waals surface area contributed by atoms with Crippen molar-refractivity contribution >= 4 is 45.9 Å². The summed E-state index contributed by atoms with van der Waals surface area (Å²) < 4.78 is 5.89. The lowest BCUT2D eigenvalue weighted by Crippen LogP contribution is -1.85. The van der Waals surface area contributed by atoms with E-state index in [1.165, 1.54) is 11.3 Å². The van der Waals surface area contributed by atoms with Crippen LogP contribution >= 0.6 is 45.9 Å². The van der Waals surface area contributed by atoms with E-state index < -0.39 is 0 Å². The van der Waals surface area contributed by atoms with Crippen molar-refractivity contribution in [3.05, 3.63) is 38.4 Å². The minimum atomic E-state index is -0.136. The van der Waals surface area contributed by atoms with Crippen LogP contribution in [0.1, 0.15) is 15.8 Å². The first-order valence-electron chi connectivity index (χ1n) is 4.22. The van der Waals surface area contributed by atoms with E-state index in [1.54, 1.807) is 18.4 Å². The first kappa shape index (κ1) is 11.3. The van der Waals surface area contributed by atoms with E-state index in [4.69, 9.17) is 27.9 Å². The summed E-state index contributed by atoms with van der Waals surface area (Å²) in [6.45, 7) is 0. The quantitative estimate of drug-likeness (QED) is 0.733. The third-order valence-corrected chi connectivity index (χ3v) is 4.77. The summed E-state index contributed by atoms with van der Waals surface area (Å²) in [4.78, 5) is 1.07. The predicted octanol–water partition coefficient (Wildman–Crippen LogP) is 4.80. The standard InChI is InChI=1S/C10H8Cl2OS2/c1-13-9-3-2-7(15-9)10(12)6-4-8(11)14-5-6/h2-5,10H,1H3. The predicted molar refractivity (Wildman–Crippen MR) is 67.9 cm³/mol. The van der Waals surface area contributed by atoms with E-state index in [0.717, 1.165) is 19.8 Å². The molecule has 15 heavy (non-hydrogen) atoms. The molecule has 0 saturated heterocycles. The van der Waals surface area contributed by atoms with Gasteiger partial charge in [0, 0.05) is 4.88 Å². The van der Waals surface area contributed by atoms with Gasteiger partial charge in [0.05, 0.1) is 16.8 Å². The van der Waals surface area contributed by atoms with Gasteiger partial charge < -0.3 is 4.74 Å². The Kier molecular flexibility index (Phi) is 3.57. The zero-order chi connectivity index (χ0) is 10.8. The van der Waals surface area contributed by atoms with Crippen molar-refractivity contribution in [3.8, 4) is 5.06 Å². The van der Waals surface area contributed by atoms with Crippen molar-refractivity contribution in [2.75, 3.05) is 7.11 Å². The van der Waals surface area contributed by atoms with E-state index in [0.29, 0.717) is 0 Å². The normalized spacial score (nSPS) is 12.7. The lowest BCUT2D eigenvalue weighted by molar-refractivity contribution is 0.427. The fraction of sp³-hybridized carbons (Fsp3) is 0.200. The van der Waals surface area contributed by atoms with Gasteiger partial charge in [0.15, 0.2) is 5.06 Å². The van der Waals surface area contributed by atoms with Crippen molar-refractivity contribution in [2.24, 2.45) is 0 Å². The van der Waals surface area contributed by atoms with E-state index in [1.807, 2.05) is 23.6 Å². The molecular formula is C10H8Cl2OS2. The van der Waals surface area contributed by atoms with Crippen molar-refractivity contribution in [3.63, 3.8) is 0 Å². The molecule has 5 heteroatoms. The second-order valence-corrected chi connectivity index (χ2v) is 5.96. The molecule has 0 N–H and O–H groups in total. The Morgan fingerprint density at radius 1 is 1.40 bits per heavy atom. The van der Waals surface area contributed by atoms with Gasteiger partial charge in [-0.25, -0.2) is 0 Å². The van der Waals surface area contributed by atoms with Crippen LogP contribution in [-0.4, -0.2) is 7.11 Å². The minimum Gasteiger partial charge on any atom is -0.487 e. The number of hydrogen-bond donors (Lipinski definition) is 0. The molecule has 0 aliphatic carbocycles. The number of hydrogen-bond acceptors (Lipinski definition) is 3. The summed E-state index contributed by atoms with van der Waals surface area (Å²) in [7, 11) is 1.65. The van der Waals surface area contributed by atoms with Gasteiger partial charge in [-0.15, -0.1) is 34.3 Å². The number of rotatable bonds is 3. The molecule has 2 rings (SSSR count). The van der Waals surface area contributed by atoms with Gasteiger partial charge in [-0.2, -0.15) is 0 Å². The van der Waals surface area contributed by atoms with Crippen molar-refractivity contribution < 1.29 is 4.74 Å². The van der Waals surface area contributed by atoms with Crippen molar-refractivity contribution in [1.82, 2.24) is 0 Å². The molecule has 2 heterocycles. The average Bonchev–Trinajstić information content (AvgIpc) is 2.84. The Labute approximate surface area is 106 Å². The van der Waals surface area contributed by atoms with Crippen molar-refractivity contribution in [1.29, 1.82) is 0 Å². The highest BCUT2D eigenvalue weighted by Gasteiger charge is 2.15. The second-order valence-electron chi connectivity index (χ2n) is 2.91. The Balaban J connectivity index is 2.23. The average molecular weight is 279 g/mol. The molecule has 1 unspecified atom stereocenters. The summed E-state index contributed by atoms with van der Waals surface area (Å²) in [5, 5.41) is 2.71. The molecule has 0 fully saturated rings.